The number of carboxylic acid groups (broad SMARTS) is 1. The molecular weight excluding hydrogens is 230 g/mol. The van der Waals surface area contributed by atoms with Gasteiger partial charge in [0, 0.05) is 12.0 Å². The molecule has 1 aliphatic heterocycles. The van der Waals surface area contributed by atoms with Gasteiger partial charge in [-0.2, -0.15) is 0 Å². The van der Waals surface area contributed by atoms with E-state index in [0.717, 1.165) is 25.1 Å². The molecular formula is C14H17NO3. The molecule has 0 atom stereocenters. The Morgan fingerprint density at radius 3 is 2.83 bits per heavy atom. The molecule has 1 aliphatic carbocycles. The first kappa shape index (κ1) is 11.4. The quantitative estimate of drug-likeness (QED) is 0.801. The summed E-state index contributed by atoms with van der Waals surface area (Å²) in [4.78, 5) is 11.2. The second kappa shape index (κ2) is 4.19. The highest BCUT2D eigenvalue weighted by Crippen LogP contribution is 2.42. The highest BCUT2D eigenvalue weighted by Gasteiger charge is 2.37. The van der Waals surface area contributed by atoms with Gasteiger partial charge in [0.1, 0.15) is 5.56 Å². The Morgan fingerprint density at radius 2 is 2.11 bits per heavy atom. The van der Waals surface area contributed by atoms with Crippen LogP contribution in [0.5, 0.6) is 5.75 Å². The van der Waals surface area contributed by atoms with E-state index in [1.54, 1.807) is 12.1 Å². The van der Waals surface area contributed by atoms with Gasteiger partial charge in [-0.1, -0.05) is 18.9 Å². The highest BCUT2D eigenvalue weighted by molar-refractivity contribution is 5.93. The summed E-state index contributed by atoms with van der Waals surface area (Å²) in [5.74, 6) is -0.440. The summed E-state index contributed by atoms with van der Waals surface area (Å²) in [5, 5.41) is 12.5. The number of carbonyl (C=O) groups is 1. The van der Waals surface area contributed by atoms with Crippen LogP contribution in [0.1, 0.15) is 36.0 Å². The number of para-hydroxylation sites is 1. The third kappa shape index (κ3) is 1.82. The Morgan fingerprint density at radius 1 is 1.33 bits per heavy atom. The SMILES string of the molecule is O=C(O)c1cccc2c1OCC1(CCCC1)CN2. The molecule has 18 heavy (non-hydrogen) atoms. The minimum absolute atomic E-state index is 0.189. The molecule has 4 heteroatoms. The first-order chi connectivity index (χ1) is 8.70. The number of ether oxygens (including phenoxy) is 1. The number of benzene rings is 1. The molecule has 1 saturated carbocycles. The molecule has 4 nitrogen and oxygen atoms in total. The van der Waals surface area contributed by atoms with Gasteiger partial charge in [-0.3, -0.25) is 0 Å². The van der Waals surface area contributed by atoms with Gasteiger partial charge in [-0.05, 0) is 25.0 Å². The number of rotatable bonds is 1. The number of hydrogen-bond donors (Lipinski definition) is 2. The summed E-state index contributed by atoms with van der Waals surface area (Å²) >= 11 is 0. The summed E-state index contributed by atoms with van der Waals surface area (Å²) in [7, 11) is 0. The molecule has 0 radical (unpaired) electrons. The van der Waals surface area contributed by atoms with Crippen LogP contribution in [-0.4, -0.2) is 24.2 Å². The Kier molecular flexibility index (Phi) is 2.65. The maximum Gasteiger partial charge on any atom is 0.339 e. The lowest BCUT2D eigenvalue weighted by Gasteiger charge is -2.25. The average Bonchev–Trinajstić information content (AvgIpc) is 2.74. The van der Waals surface area contributed by atoms with E-state index in [1.165, 1.54) is 12.8 Å². The number of carboxylic acids is 1. The third-order valence-corrected chi connectivity index (χ3v) is 4.09. The summed E-state index contributed by atoms with van der Waals surface area (Å²) in [6.07, 6.45) is 4.81. The number of nitrogens with one attached hydrogen (secondary N) is 1. The Balaban J connectivity index is 1.93. The molecule has 1 aromatic carbocycles. The molecule has 3 rings (SSSR count). The van der Waals surface area contributed by atoms with E-state index in [2.05, 4.69) is 5.32 Å². The predicted molar refractivity (Wildman–Crippen MR) is 68.3 cm³/mol. The van der Waals surface area contributed by atoms with Crippen molar-refractivity contribution in [1.29, 1.82) is 0 Å². The van der Waals surface area contributed by atoms with E-state index in [9.17, 15) is 9.90 Å². The van der Waals surface area contributed by atoms with Gasteiger partial charge in [0.15, 0.2) is 5.75 Å². The summed E-state index contributed by atoms with van der Waals surface area (Å²) in [6.45, 7) is 1.50. The molecule has 1 heterocycles. The standard InChI is InChI=1S/C14H17NO3/c16-13(17)10-4-3-5-11-12(10)18-9-14(8-15-11)6-1-2-7-14/h3-5,15H,1-2,6-9H2,(H,16,17). The Bertz CT molecular complexity index is 478. The maximum atomic E-state index is 11.2. The molecule has 0 aromatic heterocycles. The van der Waals surface area contributed by atoms with Crippen molar-refractivity contribution in [3.05, 3.63) is 23.8 Å². The molecule has 2 aliphatic rings. The molecule has 1 spiro atoms. The summed E-state index contributed by atoms with van der Waals surface area (Å²) < 4.78 is 5.84. The third-order valence-electron chi connectivity index (χ3n) is 4.09. The average molecular weight is 247 g/mol. The van der Waals surface area contributed by atoms with Gasteiger partial charge in [0.2, 0.25) is 0 Å². The first-order valence-electron chi connectivity index (χ1n) is 6.43. The highest BCUT2D eigenvalue weighted by atomic mass is 16.5. The monoisotopic (exact) mass is 247 g/mol. The zero-order valence-electron chi connectivity index (χ0n) is 10.2. The van der Waals surface area contributed by atoms with Crippen LogP contribution in [0.4, 0.5) is 5.69 Å². The van der Waals surface area contributed by atoms with E-state index in [-0.39, 0.29) is 11.0 Å². The van der Waals surface area contributed by atoms with Gasteiger partial charge >= 0.3 is 5.97 Å². The molecule has 1 fully saturated rings. The van der Waals surface area contributed by atoms with Crippen molar-refractivity contribution in [2.45, 2.75) is 25.7 Å². The summed E-state index contributed by atoms with van der Waals surface area (Å²) in [6, 6.07) is 5.23. The van der Waals surface area contributed by atoms with Crippen LogP contribution >= 0.6 is 0 Å². The fourth-order valence-corrected chi connectivity index (χ4v) is 3.01. The van der Waals surface area contributed by atoms with Gasteiger partial charge < -0.3 is 15.2 Å². The van der Waals surface area contributed by atoms with Gasteiger partial charge in [0.25, 0.3) is 0 Å². The van der Waals surface area contributed by atoms with Crippen molar-refractivity contribution in [2.24, 2.45) is 5.41 Å². The van der Waals surface area contributed by atoms with E-state index in [1.807, 2.05) is 6.07 Å². The lowest BCUT2D eigenvalue weighted by molar-refractivity contribution is 0.0689. The number of fused-ring (bicyclic) bond motifs is 1. The van der Waals surface area contributed by atoms with Gasteiger partial charge in [0.05, 0.1) is 12.3 Å². The fraction of sp³-hybridized carbons (Fsp3) is 0.500. The lowest BCUT2D eigenvalue weighted by Crippen LogP contribution is -2.31. The van der Waals surface area contributed by atoms with Crippen molar-refractivity contribution in [3.63, 3.8) is 0 Å². The number of aromatic carboxylic acids is 1. The summed E-state index contributed by atoms with van der Waals surface area (Å²) in [5.41, 5.74) is 1.24. The minimum atomic E-state index is -0.934. The van der Waals surface area contributed by atoms with E-state index in [0.29, 0.717) is 12.4 Å². The largest absolute Gasteiger partial charge is 0.490 e. The van der Waals surface area contributed by atoms with Crippen molar-refractivity contribution in [3.8, 4) is 5.75 Å². The molecule has 96 valence electrons. The molecule has 2 N–H and O–H groups in total. The smallest absolute Gasteiger partial charge is 0.339 e. The van der Waals surface area contributed by atoms with Crippen LogP contribution in [0.2, 0.25) is 0 Å². The Labute approximate surface area is 106 Å². The normalized spacial score (nSPS) is 20.7. The van der Waals surface area contributed by atoms with Crippen molar-refractivity contribution in [2.75, 3.05) is 18.5 Å². The van der Waals surface area contributed by atoms with Crippen LogP contribution < -0.4 is 10.1 Å². The second-order valence-corrected chi connectivity index (χ2v) is 5.34. The molecule has 0 amide bonds. The molecule has 0 bridgehead atoms. The zero-order chi connectivity index (χ0) is 12.6. The van der Waals surface area contributed by atoms with Crippen molar-refractivity contribution < 1.29 is 14.6 Å². The fourth-order valence-electron chi connectivity index (χ4n) is 3.01. The first-order valence-corrected chi connectivity index (χ1v) is 6.43. The maximum absolute atomic E-state index is 11.2. The van der Waals surface area contributed by atoms with E-state index < -0.39 is 5.97 Å². The zero-order valence-corrected chi connectivity index (χ0v) is 10.2. The van der Waals surface area contributed by atoms with E-state index in [4.69, 9.17) is 4.74 Å². The number of anilines is 1. The van der Waals surface area contributed by atoms with Gasteiger partial charge in [-0.15, -0.1) is 0 Å². The van der Waals surface area contributed by atoms with Crippen molar-refractivity contribution >= 4 is 11.7 Å². The van der Waals surface area contributed by atoms with Crippen molar-refractivity contribution in [1.82, 2.24) is 0 Å². The predicted octanol–water partition coefficient (Wildman–Crippen LogP) is 2.75. The van der Waals surface area contributed by atoms with E-state index >= 15 is 0 Å². The minimum Gasteiger partial charge on any atom is -0.490 e. The second-order valence-electron chi connectivity index (χ2n) is 5.34. The molecule has 0 saturated heterocycles. The Hall–Kier alpha value is -1.71. The topological polar surface area (TPSA) is 58.6 Å². The van der Waals surface area contributed by atoms with Crippen LogP contribution in [0.3, 0.4) is 0 Å². The van der Waals surface area contributed by atoms with Gasteiger partial charge in [-0.25, -0.2) is 4.79 Å². The van der Waals surface area contributed by atoms with Crippen LogP contribution in [0.25, 0.3) is 0 Å². The molecule has 0 unspecified atom stereocenters. The number of hydrogen-bond acceptors (Lipinski definition) is 3. The lowest BCUT2D eigenvalue weighted by atomic mass is 9.87. The van der Waals surface area contributed by atoms with Crippen LogP contribution in [0.15, 0.2) is 18.2 Å². The molecule has 1 aromatic rings. The van der Waals surface area contributed by atoms with Crippen LogP contribution in [-0.2, 0) is 0 Å². The van der Waals surface area contributed by atoms with Crippen LogP contribution in [0, 0.1) is 5.41 Å².